The van der Waals surface area contributed by atoms with Crippen molar-refractivity contribution in [1.29, 1.82) is 0 Å². The fraction of sp³-hybridized carbons (Fsp3) is 0.562. The van der Waals surface area contributed by atoms with Crippen molar-refractivity contribution < 1.29 is 9.53 Å². The van der Waals surface area contributed by atoms with Crippen molar-refractivity contribution in [3.63, 3.8) is 0 Å². The number of benzene rings is 1. The van der Waals surface area contributed by atoms with E-state index in [0.29, 0.717) is 23.1 Å². The van der Waals surface area contributed by atoms with Crippen LogP contribution in [0.25, 0.3) is 0 Å². The van der Waals surface area contributed by atoms with Gasteiger partial charge in [-0.25, -0.2) is 0 Å². The number of carbonyl (C=O) groups excluding carboxylic acids is 1. The van der Waals surface area contributed by atoms with Gasteiger partial charge in [0.25, 0.3) is 5.91 Å². The molecule has 0 unspecified atom stereocenters. The zero-order valence-electron chi connectivity index (χ0n) is 12.8. The number of halogens is 2. The van der Waals surface area contributed by atoms with Gasteiger partial charge < -0.3 is 15.0 Å². The maximum absolute atomic E-state index is 12.8. The SMILES string of the molecule is CC(C)Oc1cc(Br)ccc1C(=O)N1C[C@H]2CNC[C@H]2C1.Cl. The Bertz CT molecular complexity index is 541. The molecule has 2 aliphatic rings. The Kier molecular flexibility index (Phi) is 5.75. The van der Waals surface area contributed by atoms with E-state index in [1.807, 2.05) is 36.9 Å². The zero-order valence-corrected chi connectivity index (χ0v) is 15.2. The quantitative estimate of drug-likeness (QED) is 0.864. The van der Waals surface area contributed by atoms with E-state index in [1.54, 1.807) is 0 Å². The molecule has 2 heterocycles. The first-order valence-corrected chi connectivity index (χ1v) is 8.30. The lowest BCUT2D eigenvalue weighted by atomic mass is 10.0. The molecule has 1 aromatic rings. The van der Waals surface area contributed by atoms with Crippen LogP contribution >= 0.6 is 28.3 Å². The molecule has 22 heavy (non-hydrogen) atoms. The van der Waals surface area contributed by atoms with E-state index in [0.717, 1.165) is 30.7 Å². The van der Waals surface area contributed by atoms with Crippen LogP contribution in [0.5, 0.6) is 5.75 Å². The van der Waals surface area contributed by atoms with Crippen LogP contribution in [0.15, 0.2) is 22.7 Å². The smallest absolute Gasteiger partial charge is 0.257 e. The normalized spacial score (nSPS) is 23.4. The van der Waals surface area contributed by atoms with Crippen LogP contribution in [0.1, 0.15) is 24.2 Å². The molecule has 3 rings (SSSR count). The van der Waals surface area contributed by atoms with Gasteiger partial charge in [0.1, 0.15) is 5.75 Å². The van der Waals surface area contributed by atoms with Crippen LogP contribution in [0.2, 0.25) is 0 Å². The lowest BCUT2D eigenvalue weighted by molar-refractivity contribution is 0.0775. The number of rotatable bonds is 3. The van der Waals surface area contributed by atoms with E-state index < -0.39 is 0 Å². The number of hydrogen-bond acceptors (Lipinski definition) is 3. The predicted molar refractivity (Wildman–Crippen MR) is 92.9 cm³/mol. The molecule has 1 amide bonds. The summed E-state index contributed by atoms with van der Waals surface area (Å²) in [6.07, 6.45) is 0.0491. The second-order valence-corrected chi connectivity index (χ2v) is 7.11. The van der Waals surface area contributed by atoms with Crippen molar-refractivity contribution in [2.24, 2.45) is 11.8 Å². The predicted octanol–water partition coefficient (Wildman–Crippen LogP) is 2.95. The highest BCUT2D eigenvalue weighted by Crippen LogP contribution is 2.31. The summed E-state index contributed by atoms with van der Waals surface area (Å²) < 4.78 is 6.74. The minimum absolute atomic E-state index is 0. The van der Waals surface area contributed by atoms with Crippen LogP contribution in [0.3, 0.4) is 0 Å². The van der Waals surface area contributed by atoms with Gasteiger partial charge in [0.2, 0.25) is 0 Å². The number of carbonyl (C=O) groups is 1. The molecule has 2 atom stereocenters. The van der Waals surface area contributed by atoms with E-state index in [1.165, 1.54) is 0 Å². The largest absolute Gasteiger partial charge is 0.490 e. The maximum Gasteiger partial charge on any atom is 0.257 e. The van der Waals surface area contributed by atoms with Gasteiger partial charge in [0.05, 0.1) is 11.7 Å². The van der Waals surface area contributed by atoms with Crippen LogP contribution in [-0.4, -0.2) is 43.1 Å². The fourth-order valence-electron chi connectivity index (χ4n) is 3.22. The van der Waals surface area contributed by atoms with E-state index in [-0.39, 0.29) is 24.4 Å². The number of nitrogens with one attached hydrogen (secondary N) is 1. The molecule has 0 spiro atoms. The summed E-state index contributed by atoms with van der Waals surface area (Å²) in [7, 11) is 0. The molecule has 2 aliphatic heterocycles. The van der Waals surface area contributed by atoms with Gasteiger partial charge in [-0.15, -0.1) is 12.4 Å². The van der Waals surface area contributed by atoms with Gasteiger partial charge in [-0.1, -0.05) is 15.9 Å². The molecule has 1 aromatic carbocycles. The zero-order chi connectivity index (χ0) is 15.0. The third-order valence-electron chi connectivity index (χ3n) is 4.21. The van der Waals surface area contributed by atoms with E-state index in [2.05, 4.69) is 21.2 Å². The second kappa shape index (κ2) is 7.20. The van der Waals surface area contributed by atoms with Crippen molar-refractivity contribution >= 4 is 34.2 Å². The Morgan fingerprint density at radius 2 is 1.95 bits per heavy atom. The third-order valence-corrected chi connectivity index (χ3v) is 4.71. The van der Waals surface area contributed by atoms with Crippen molar-refractivity contribution in [1.82, 2.24) is 10.2 Å². The second-order valence-electron chi connectivity index (χ2n) is 6.20. The first-order chi connectivity index (χ1) is 10.0. The molecular formula is C16H22BrClN2O2. The number of amides is 1. The summed E-state index contributed by atoms with van der Waals surface area (Å²) in [5.74, 6) is 1.98. The number of hydrogen-bond donors (Lipinski definition) is 1. The van der Waals surface area contributed by atoms with Crippen molar-refractivity contribution in [3.05, 3.63) is 28.2 Å². The van der Waals surface area contributed by atoms with Crippen LogP contribution in [-0.2, 0) is 0 Å². The van der Waals surface area contributed by atoms with Gasteiger partial charge >= 0.3 is 0 Å². The number of ether oxygens (including phenoxy) is 1. The molecule has 0 saturated carbocycles. The lowest BCUT2D eigenvalue weighted by Gasteiger charge is -2.20. The molecule has 6 heteroatoms. The van der Waals surface area contributed by atoms with Gasteiger partial charge in [-0.2, -0.15) is 0 Å². The monoisotopic (exact) mass is 388 g/mol. The lowest BCUT2D eigenvalue weighted by Crippen LogP contribution is -2.32. The molecule has 4 nitrogen and oxygen atoms in total. The molecule has 1 N–H and O–H groups in total. The average molecular weight is 390 g/mol. The Morgan fingerprint density at radius 3 is 2.55 bits per heavy atom. The minimum Gasteiger partial charge on any atom is -0.490 e. The first-order valence-electron chi connectivity index (χ1n) is 7.51. The van der Waals surface area contributed by atoms with Gasteiger partial charge in [-0.05, 0) is 43.9 Å². The Morgan fingerprint density at radius 1 is 1.32 bits per heavy atom. The highest BCUT2D eigenvalue weighted by atomic mass is 79.9. The van der Waals surface area contributed by atoms with E-state index in [9.17, 15) is 4.79 Å². The summed E-state index contributed by atoms with van der Waals surface area (Å²) >= 11 is 3.45. The standard InChI is InChI=1S/C16H21BrN2O2.ClH/c1-10(2)21-15-5-13(17)3-4-14(15)16(20)19-8-11-6-18-7-12(11)9-19;/h3-5,10-12,18H,6-9H2,1-2H3;1H/t11-,12+;. The van der Waals surface area contributed by atoms with Crippen LogP contribution < -0.4 is 10.1 Å². The average Bonchev–Trinajstić information content (AvgIpc) is 2.98. The molecular weight excluding hydrogens is 368 g/mol. The minimum atomic E-state index is 0. The molecule has 0 aromatic heterocycles. The topological polar surface area (TPSA) is 41.6 Å². The fourth-order valence-corrected chi connectivity index (χ4v) is 3.56. The summed E-state index contributed by atoms with van der Waals surface area (Å²) in [6, 6.07) is 5.64. The molecule has 0 radical (unpaired) electrons. The molecule has 2 fully saturated rings. The third kappa shape index (κ3) is 3.58. The molecule has 2 saturated heterocycles. The first kappa shape index (κ1) is 17.6. The number of likely N-dealkylation sites (tertiary alicyclic amines) is 1. The van der Waals surface area contributed by atoms with Crippen LogP contribution in [0, 0.1) is 11.8 Å². The summed E-state index contributed by atoms with van der Waals surface area (Å²) in [5, 5.41) is 3.40. The van der Waals surface area contributed by atoms with Crippen molar-refractivity contribution in [3.8, 4) is 5.75 Å². The van der Waals surface area contributed by atoms with Crippen molar-refractivity contribution in [2.75, 3.05) is 26.2 Å². The summed E-state index contributed by atoms with van der Waals surface area (Å²) in [4.78, 5) is 14.8. The maximum atomic E-state index is 12.8. The van der Waals surface area contributed by atoms with Crippen LogP contribution in [0.4, 0.5) is 0 Å². The van der Waals surface area contributed by atoms with E-state index in [4.69, 9.17) is 4.74 Å². The van der Waals surface area contributed by atoms with Gasteiger partial charge in [-0.3, -0.25) is 4.79 Å². The van der Waals surface area contributed by atoms with E-state index >= 15 is 0 Å². The number of fused-ring (bicyclic) bond motifs is 1. The molecule has 0 aliphatic carbocycles. The summed E-state index contributed by atoms with van der Waals surface area (Å²) in [6.45, 7) is 7.72. The van der Waals surface area contributed by atoms with Gasteiger partial charge in [0.15, 0.2) is 0 Å². The Labute approximate surface area is 146 Å². The Hall–Kier alpha value is -0.780. The Balaban J connectivity index is 0.00000176. The van der Waals surface area contributed by atoms with Crippen molar-refractivity contribution in [2.45, 2.75) is 20.0 Å². The highest BCUT2D eigenvalue weighted by molar-refractivity contribution is 9.10. The molecule has 0 bridgehead atoms. The highest BCUT2D eigenvalue weighted by Gasteiger charge is 2.38. The summed E-state index contributed by atoms with van der Waals surface area (Å²) in [5.41, 5.74) is 0.667. The molecule has 122 valence electrons. The number of nitrogens with zero attached hydrogens (tertiary/aromatic N) is 1. The van der Waals surface area contributed by atoms with Gasteiger partial charge in [0, 0.05) is 30.7 Å².